The molecule has 0 N–H and O–H groups in total. The van der Waals surface area contributed by atoms with Gasteiger partial charge in [0.1, 0.15) is 24.8 Å². The Kier molecular flexibility index (Phi) is 7.06. The lowest BCUT2D eigenvalue weighted by molar-refractivity contribution is -0.863. The van der Waals surface area contributed by atoms with Gasteiger partial charge in [-0.15, -0.1) is 0 Å². The highest BCUT2D eigenvalue weighted by Gasteiger charge is 2.28. The SMILES string of the molecule is C=C(C)C(COCc1ccccc1)[N+](C)(C)/C=C(\[O-])OC(C)(C)C. The van der Waals surface area contributed by atoms with Crippen molar-refractivity contribution in [2.75, 3.05) is 20.7 Å². The summed E-state index contributed by atoms with van der Waals surface area (Å²) in [7, 11) is 3.91. The lowest BCUT2D eigenvalue weighted by atomic mass is 10.1. The number of benzene rings is 1. The highest BCUT2D eigenvalue weighted by atomic mass is 16.6. The van der Waals surface area contributed by atoms with E-state index in [0.29, 0.717) is 17.7 Å². The number of ether oxygens (including phenoxy) is 2. The van der Waals surface area contributed by atoms with E-state index in [-0.39, 0.29) is 12.0 Å². The Hall–Kier alpha value is -1.78. The van der Waals surface area contributed by atoms with Crippen LogP contribution in [-0.2, 0) is 16.1 Å². The van der Waals surface area contributed by atoms with Gasteiger partial charge in [-0.3, -0.25) is 4.48 Å². The third kappa shape index (κ3) is 7.20. The largest absolute Gasteiger partial charge is 0.604 e. The van der Waals surface area contributed by atoms with Crippen LogP contribution in [-0.4, -0.2) is 36.8 Å². The Morgan fingerprint density at radius 2 is 1.83 bits per heavy atom. The van der Waals surface area contributed by atoms with E-state index in [1.165, 1.54) is 0 Å². The fourth-order valence-corrected chi connectivity index (χ4v) is 2.45. The van der Waals surface area contributed by atoms with Crippen molar-refractivity contribution in [3.8, 4) is 0 Å². The summed E-state index contributed by atoms with van der Waals surface area (Å²) in [5.74, 6) is -0.332. The fourth-order valence-electron chi connectivity index (χ4n) is 2.45. The third-order valence-electron chi connectivity index (χ3n) is 3.60. The van der Waals surface area contributed by atoms with Crippen molar-refractivity contribution >= 4 is 0 Å². The fraction of sp³-hybridized carbons (Fsp3) is 0.500. The summed E-state index contributed by atoms with van der Waals surface area (Å²) in [4.78, 5) is 0. The molecule has 0 aliphatic rings. The number of rotatable bonds is 8. The van der Waals surface area contributed by atoms with Gasteiger partial charge in [-0.25, -0.2) is 0 Å². The molecule has 0 aromatic heterocycles. The molecule has 0 aliphatic heterocycles. The van der Waals surface area contributed by atoms with Crippen molar-refractivity contribution in [1.29, 1.82) is 0 Å². The quantitative estimate of drug-likeness (QED) is 0.417. The molecule has 0 saturated carbocycles. The normalized spacial score (nSPS) is 14.3. The molecule has 0 fully saturated rings. The van der Waals surface area contributed by atoms with Crippen molar-refractivity contribution in [2.45, 2.75) is 45.9 Å². The van der Waals surface area contributed by atoms with Crippen LogP contribution in [0.25, 0.3) is 0 Å². The van der Waals surface area contributed by atoms with E-state index in [0.717, 1.165) is 11.1 Å². The van der Waals surface area contributed by atoms with Gasteiger partial charge in [-0.05, 0) is 18.1 Å². The average molecular weight is 333 g/mol. The Bertz CT molecular complexity index is 556. The van der Waals surface area contributed by atoms with E-state index in [4.69, 9.17) is 9.47 Å². The first-order chi connectivity index (χ1) is 11.0. The van der Waals surface area contributed by atoms with Gasteiger partial charge < -0.3 is 14.6 Å². The van der Waals surface area contributed by atoms with Crippen molar-refractivity contribution in [3.63, 3.8) is 0 Å². The van der Waals surface area contributed by atoms with Gasteiger partial charge in [0.25, 0.3) is 0 Å². The summed E-state index contributed by atoms with van der Waals surface area (Å²) in [6.07, 6.45) is 1.58. The summed E-state index contributed by atoms with van der Waals surface area (Å²) in [5.41, 5.74) is 1.59. The highest BCUT2D eigenvalue weighted by Crippen LogP contribution is 2.19. The molecular formula is C20H31NO3. The van der Waals surface area contributed by atoms with Crippen LogP contribution in [0.2, 0.25) is 0 Å². The Morgan fingerprint density at radius 1 is 1.25 bits per heavy atom. The van der Waals surface area contributed by atoms with Crippen molar-refractivity contribution in [1.82, 2.24) is 0 Å². The summed E-state index contributed by atoms with van der Waals surface area (Å²) in [6, 6.07) is 10.00. The first-order valence-electron chi connectivity index (χ1n) is 8.20. The predicted octanol–water partition coefficient (Wildman–Crippen LogP) is 3.20. The number of hydrogen-bond acceptors (Lipinski definition) is 3. The zero-order chi connectivity index (χ0) is 18.4. The topological polar surface area (TPSA) is 41.5 Å². The molecule has 0 amide bonds. The minimum atomic E-state index is -0.504. The van der Waals surface area contributed by atoms with E-state index >= 15 is 0 Å². The molecule has 24 heavy (non-hydrogen) atoms. The van der Waals surface area contributed by atoms with Crippen LogP contribution < -0.4 is 5.11 Å². The minimum Gasteiger partial charge on any atom is -0.604 e. The van der Waals surface area contributed by atoms with Gasteiger partial charge in [0, 0.05) is 5.60 Å². The summed E-state index contributed by atoms with van der Waals surface area (Å²) in [5, 5.41) is 12.1. The summed E-state index contributed by atoms with van der Waals surface area (Å²) >= 11 is 0. The van der Waals surface area contributed by atoms with Gasteiger partial charge >= 0.3 is 0 Å². The van der Waals surface area contributed by atoms with Crippen LogP contribution in [0, 0.1) is 0 Å². The Labute approximate surface area is 146 Å². The molecule has 0 bridgehead atoms. The molecule has 1 atom stereocenters. The molecule has 0 saturated heterocycles. The first-order valence-corrected chi connectivity index (χ1v) is 8.20. The first kappa shape index (κ1) is 20.3. The van der Waals surface area contributed by atoms with E-state index in [9.17, 15) is 5.11 Å². The molecular weight excluding hydrogens is 302 g/mol. The third-order valence-corrected chi connectivity index (χ3v) is 3.60. The van der Waals surface area contributed by atoms with E-state index in [1.807, 2.05) is 72.1 Å². The summed E-state index contributed by atoms with van der Waals surface area (Å²) < 4.78 is 11.6. The van der Waals surface area contributed by atoms with Crippen molar-refractivity contribution < 1.29 is 19.1 Å². The van der Waals surface area contributed by atoms with Crippen LogP contribution in [0.5, 0.6) is 0 Å². The summed E-state index contributed by atoms with van der Waals surface area (Å²) in [6.45, 7) is 12.6. The van der Waals surface area contributed by atoms with Crippen LogP contribution >= 0.6 is 0 Å². The van der Waals surface area contributed by atoms with Gasteiger partial charge in [-0.2, -0.15) is 0 Å². The van der Waals surface area contributed by atoms with E-state index in [2.05, 4.69) is 6.58 Å². The zero-order valence-corrected chi connectivity index (χ0v) is 15.8. The van der Waals surface area contributed by atoms with Gasteiger partial charge in [0.05, 0.1) is 20.7 Å². The molecule has 4 heteroatoms. The molecule has 1 rings (SSSR count). The molecule has 1 unspecified atom stereocenters. The Balaban J connectivity index is 2.74. The zero-order valence-electron chi connectivity index (χ0n) is 15.8. The number of hydrogen-bond donors (Lipinski definition) is 0. The molecule has 134 valence electrons. The lowest BCUT2D eigenvalue weighted by Gasteiger charge is -2.38. The number of nitrogens with zero attached hydrogens (tertiary/aromatic N) is 1. The van der Waals surface area contributed by atoms with Crippen LogP contribution in [0.4, 0.5) is 0 Å². The van der Waals surface area contributed by atoms with Crippen molar-refractivity contribution in [3.05, 3.63) is 60.2 Å². The van der Waals surface area contributed by atoms with E-state index < -0.39 is 5.60 Å². The average Bonchev–Trinajstić information content (AvgIpc) is 2.41. The predicted molar refractivity (Wildman–Crippen MR) is 95.7 cm³/mol. The van der Waals surface area contributed by atoms with Crippen LogP contribution in [0.1, 0.15) is 33.3 Å². The van der Waals surface area contributed by atoms with Gasteiger partial charge in [0.2, 0.25) is 0 Å². The molecule has 1 aromatic carbocycles. The highest BCUT2D eigenvalue weighted by molar-refractivity contribution is 5.13. The minimum absolute atomic E-state index is 0.0266. The molecule has 0 radical (unpaired) electrons. The second-order valence-corrected chi connectivity index (χ2v) is 7.65. The monoisotopic (exact) mass is 333 g/mol. The number of likely N-dealkylation sites (N-methyl/N-ethyl adjacent to an activating group) is 1. The second-order valence-electron chi connectivity index (χ2n) is 7.65. The standard InChI is InChI=1S/C20H31NO3/c1-16(2)18(15-23-14-17-11-9-8-10-12-17)21(6,7)13-19(22)24-20(3,4)5/h8-13,18H,1,14-15H2,2-7H3/b19-13+. The molecule has 1 aromatic rings. The maximum Gasteiger partial charge on any atom is 0.138 e. The van der Waals surface area contributed by atoms with E-state index in [1.54, 1.807) is 6.20 Å². The van der Waals surface area contributed by atoms with Gasteiger partial charge in [-0.1, -0.05) is 57.7 Å². The number of quaternary nitrogens is 1. The smallest absolute Gasteiger partial charge is 0.138 e. The maximum absolute atomic E-state index is 12.1. The van der Waals surface area contributed by atoms with Crippen LogP contribution in [0.15, 0.2) is 54.6 Å². The molecule has 4 nitrogen and oxygen atoms in total. The van der Waals surface area contributed by atoms with Gasteiger partial charge in [0.15, 0.2) is 0 Å². The molecule has 0 spiro atoms. The maximum atomic E-state index is 12.1. The second kappa shape index (κ2) is 8.36. The van der Waals surface area contributed by atoms with Crippen molar-refractivity contribution in [2.24, 2.45) is 0 Å². The molecule has 0 heterocycles. The van der Waals surface area contributed by atoms with Crippen LogP contribution in [0.3, 0.4) is 0 Å². The lowest BCUT2D eigenvalue weighted by Crippen LogP contribution is -2.48. The Morgan fingerprint density at radius 3 is 2.33 bits per heavy atom. The molecule has 0 aliphatic carbocycles.